The summed E-state index contributed by atoms with van der Waals surface area (Å²) in [6.45, 7) is 3.79. The molecule has 0 saturated heterocycles. The molecule has 0 amide bonds. The summed E-state index contributed by atoms with van der Waals surface area (Å²) in [5, 5.41) is 3.48. The molecule has 1 aromatic carbocycles. The number of fused-ring (bicyclic) bond motifs is 2. The fraction of sp³-hybridized carbons (Fsp3) is 0.294. The summed E-state index contributed by atoms with van der Waals surface area (Å²) >= 11 is 0. The Morgan fingerprint density at radius 3 is 3.09 bits per heavy atom. The molecule has 0 spiro atoms. The number of nitrogens with zero attached hydrogens (tertiary/aromatic N) is 3. The fourth-order valence-corrected chi connectivity index (χ4v) is 3.02. The molecule has 0 radical (unpaired) electrons. The van der Waals surface area contributed by atoms with Gasteiger partial charge in [0.1, 0.15) is 11.9 Å². The summed E-state index contributed by atoms with van der Waals surface area (Å²) in [5.41, 5.74) is 3.30. The molecule has 1 aliphatic heterocycles. The zero-order valence-corrected chi connectivity index (χ0v) is 12.4. The van der Waals surface area contributed by atoms with Gasteiger partial charge in [0.25, 0.3) is 0 Å². The Kier molecular flexibility index (Phi) is 3.27. The van der Waals surface area contributed by atoms with Crippen LogP contribution >= 0.6 is 0 Å². The highest BCUT2D eigenvalue weighted by Gasteiger charge is 2.29. The molecule has 3 heterocycles. The van der Waals surface area contributed by atoms with Crippen LogP contribution in [0.25, 0.3) is 5.65 Å². The Hall–Kier alpha value is -2.40. The van der Waals surface area contributed by atoms with Crippen molar-refractivity contribution in [1.29, 1.82) is 0 Å². The van der Waals surface area contributed by atoms with Crippen LogP contribution in [0.5, 0.6) is 5.75 Å². The maximum atomic E-state index is 6.03. The monoisotopic (exact) mass is 294 g/mol. The summed E-state index contributed by atoms with van der Waals surface area (Å²) in [7, 11) is 0. The highest BCUT2D eigenvalue weighted by Crippen LogP contribution is 2.37. The van der Waals surface area contributed by atoms with E-state index in [-0.39, 0.29) is 6.10 Å². The summed E-state index contributed by atoms with van der Waals surface area (Å²) in [4.78, 5) is 8.42. The molecule has 5 nitrogen and oxygen atoms in total. The third-order valence-electron chi connectivity index (χ3n) is 4.29. The number of para-hydroxylation sites is 1. The quantitative estimate of drug-likeness (QED) is 0.802. The van der Waals surface area contributed by atoms with Gasteiger partial charge in [0.05, 0.1) is 18.1 Å². The van der Waals surface area contributed by atoms with E-state index >= 15 is 0 Å². The molecule has 1 aliphatic rings. The van der Waals surface area contributed by atoms with Crippen LogP contribution < -0.4 is 10.1 Å². The van der Waals surface area contributed by atoms with Gasteiger partial charge >= 0.3 is 0 Å². The van der Waals surface area contributed by atoms with E-state index < -0.39 is 0 Å². The largest absolute Gasteiger partial charge is 0.488 e. The van der Waals surface area contributed by atoms with E-state index in [2.05, 4.69) is 34.3 Å². The van der Waals surface area contributed by atoms with Crippen molar-refractivity contribution in [2.75, 3.05) is 6.54 Å². The van der Waals surface area contributed by atoms with E-state index in [9.17, 15) is 0 Å². The third-order valence-corrected chi connectivity index (χ3v) is 4.29. The Balaban J connectivity index is 1.40. The van der Waals surface area contributed by atoms with Crippen LogP contribution in [0.2, 0.25) is 0 Å². The molecule has 0 aliphatic carbocycles. The summed E-state index contributed by atoms with van der Waals surface area (Å²) in [6, 6.07) is 8.29. The van der Waals surface area contributed by atoms with Gasteiger partial charge in [-0.1, -0.05) is 25.1 Å². The van der Waals surface area contributed by atoms with E-state index in [4.69, 9.17) is 4.74 Å². The smallest absolute Gasteiger partial charge is 0.155 e. The van der Waals surface area contributed by atoms with Crippen molar-refractivity contribution in [1.82, 2.24) is 19.7 Å². The van der Waals surface area contributed by atoms with Crippen LogP contribution in [-0.2, 0) is 6.54 Å². The van der Waals surface area contributed by atoms with Crippen LogP contribution in [0.3, 0.4) is 0 Å². The van der Waals surface area contributed by atoms with Gasteiger partial charge in [0, 0.05) is 37.0 Å². The first-order valence-electron chi connectivity index (χ1n) is 7.55. The molecule has 2 aromatic heterocycles. The normalized spacial score (nSPS) is 20.0. The Labute approximate surface area is 129 Å². The van der Waals surface area contributed by atoms with E-state index in [1.165, 1.54) is 5.56 Å². The Morgan fingerprint density at radius 1 is 1.27 bits per heavy atom. The minimum atomic E-state index is 0.179. The van der Waals surface area contributed by atoms with Crippen LogP contribution in [0, 0.1) is 0 Å². The molecule has 3 aromatic rings. The maximum absolute atomic E-state index is 6.03. The van der Waals surface area contributed by atoms with Crippen LogP contribution in [-0.4, -0.2) is 27.0 Å². The lowest BCUT2D eigenvalue weighted by atomic mass is 9.98. The number of hydrogen-bond acceptors (Lipinski definition) is 4. The van der Waals surface area contributed by atoms with Gasteiger partial charge in [0.15, 0.2) is 5.65 Å². The first kappa shape index (κ1) is 13.3. The maximum Gasteiger partial charge on any atom is 0.155 e. The lowest BCUT2D eigenvalue weighted by molar-refractivity contribution is 0.206. The standard InChI is InChI=1S/C17H18N4O/c1-12-14-4-2-3-5-15(14)22-16(12)10-19-8-13-9-20-17-11-18-6-7-21(13)17/h2-7,9,11-12,16,19H,8,10H2,1H3/t12-,16-/m1/s1. The summed E-state index contributed by atoms with van der Waals surface area (Å²) in [6.07, 6.45) is 7.54. The third kappa shape index (κ3) is 2.23. The molecule has 0 unspecified atom stereocenters. The SMILES string of the molecule is C[C@@H]1c2ccccc2O[C@@H]1CNCc1cnc2cnccn12. The zero-order chi connectivity index (χ0) is 14.9. The highest BCUT2D eigenvalue weighted by molar-refractivity contribution is 5.40. The van der Waals surface area contributed by atoms with Gasteiger partial charge in [-0.2, -0.15) is 0 Å². The molecule has 5 heteroatoms. The number of hydrogen-bond donors (Lipinski definition) is 1. The number of imidazole rings is 1. The topological polar surface area (TPSA) is 51.5 Å². The fourth-order valence-electron chi connectivity index (χ4n) is 3.02. The van der Waals surface area contributed by atoms with Crippen LogP contribution in [0.15, 0.2) is 49.1 Å². The molecule has 0 saturated carbocycles. The van der Waals surface area contributed by atoms with Gasteiger partial charge in [-0.25, -0.2) is 4.98 Å². The number of aromatic nitrogens is 3. The molecule has 0 fully saturated rings. The average molecular weight is 294 g/mol. The van der Waals surface area contributed by atoms with Crippen molar-refractivity contribution >= 4 is 5.65 Å². The number of nitrogens with one attached hydrogen (secondary N) is 1. The average Bonchev–Trinajstić information content (AvgIpc) is 3.10. The molecule has 0 bridgehead atoms. The second kappa shape index (κ2) is 5.42. The van der Waals surface area contributed by atoms with Gasteiger partial charge < -0.3 is 10.1 Å². The summed E-state index contributed by atoms with van der Waals surface area (Å²) in [5.74, 6) is 1.43. The molecule has 112 valence electrons. The summed E-state index contributed by atoms with van der Waals surface area (Å²) < 4.78 is 8.08. The highest BCUT2D eigenvalue weighted by atomic mass is 16.5. The van der Waals surface area contributed by atoms with Crippen LogP contribution in [0.4, 0.5) is 0 Å². The first-order valence-corrected chi connectivity index (χ1v) is 7.55. The molecule has 22 heavy (non-hydrogen) atoms. The zero-order valence-electron chi connectivity index (χ0n) is 12.4. The molecular weight excluding hydrogens is 276 g/mol. The minimum absolute atomic E-state index is 0.179. The number of rotatable bonds is 4. The second-order valence-electron chi connectivity index (χ2n) is 5.67. The lowest BCUT2D eigenvalue weighted by Gasteiger charge is -2.16. The first-order chi connectivity index (χ1) is 10.8. The van der Waals surface area contributed by atoms with Gasteiger partial charge in [-0.05, 0) is 6.07 Å². The molecular formula is C17H18N4O. The van der Waals surface area contributed by atoms with Crippen molar-refractivity contribution in [2.45, 2.75) is 25.5 Å². The van der Waals surface area contributed by atoms with Crippen molar-refractivity contribution in [3.63, 3.8) is 0 Å². The predicted molar refractivity (Wildman–Crippen MR) is 84.0 cm³/mol. The molecule has 1 N–H and O–H groups in total. The minimum Gasteiger partial charge on any atom is -0.488 e. The van der Waals surface area contributed by atoms with E-state index in [0.717, 1.165) is 30.2 Å². The molecule has 2 atom stereocenters. The Bertz CT molecular complexity index is 798. The number of ether oxygens (including phenoxy) is 1. The predicted octanol–water partition coefficient (Wildman–Crippen LogP) is 2.38. The van der Waals surface area contributed by atoms with Gasteiger partial charge in [0.2, 0.25) is 0 Å². The lowest BCUT2D eigenvalue weighted by Crippen LogP contribution is -2.31. The Morgan fingerprint density at radius 2 is 2.18 bits per heavy atom. The van der Waals surface area contributed by atoms with Gasteiger partial charge in [-0.3, -0.25) is 9.38 Å². The van der Waals surface area contributed by atoms with Gasteiger partial charge in [-0.15, -0.1) is 0 Å². The van der Waals surface area contributed by atoms with Crippen molar-refractivity contribution in [3.8, 4) is 5.75 Å². The molecule has 4 rings (SSSR count). The van der Waals surface area contributed by atoms with Crippen molar-refractivity contribution in [3.05, 3.63) is 60.3 Å². The van der Waals surface area contributed by atoms with Crippen molar-refractivity contribution in [2.24, 2.45) is 0 Å². The van der Waals surface area contributed by atoms with E-state index in [1.807, 2.05) is 28.9 Å². The van der Waals surface area contributed by atoms with Crippen molar-refractivity contribution < 1.29 is 4.74 Å². The number of benzene rings is 1. The van der Waals surface area contributed by atoms with E-state index in [0.29, 0.717) is 5.92 Å². The van der Waals surface area contributed by atoms with E-state index in [1.54, 1.807) is 12.4 Å². The second-order valence-corrected chi connectivity index (χ2v) is 5.67. The van der Waals surface area contributed by atoms with Crippen LogP contribution in [0.1, 0.15) is 24.1 Å².